The first-order valence-electron chi connectivity index (χ1n) is 4.91. The molecule has 0 aliphatic rings. The van der Waals surface area contributed by atoms with Crippen LogP contribution in [-0.4, -0.2) is 31.2 Å². The van der Waals surface area contributed by atoms with Crippen LogP contribution < -0.4 is 9.46 Å². The summed E-state index contributed by atoms with van der Waals surface area (Å²) in [6.45, 7) is 3.61. The van der Waals surface area contributed by atoms with E-state index in [9.17, 15) is 8.42 Å². The number of ether oxygens (including phenoxy) is 1. The van der Waals surface area contributed by atoms with Gasteiger partial charge in [0.25, 0.3) is 0 Å². The molecule has 6 nitrogen and oxygen atoms in total. The topological polar surface area (TPSA) is 81.2 Å². The second-order valence-corrected chi connectivity index (χ2v) is 5.99. The molecule has 0 saturated heterocycles. The van der Waals surface area contributed by atoms with Gasteiger partial charge in [-0.15, -0.1) is 0 Å². The maximum absolute atomic E-state index is 11.6. The van der Waals surface area contributed by atoms with Gasteiger partial charge in [0.05, 0.1) is 12.9 Å². The van der Waals surface area contributed by atoms with Crippen molar-refractivity contribution in [2.24, 2.45) is 5.92 Å². The summed E-state index contributed by atoms with van der Waals surface area (Å²) in [7, 11) is -2.06. The van der Waals surface area contributed by atoms with E-state index in [1.54, 1.807) is 13.8 Å². The van der Waals surface area contributed by atoms with Gasteiger partial charge in [-0.05, 0) is 5.92 Å². The van der Waals surface area contributed by atoms with Gasteiger partial charge in [-0.3, -0.25) is 4.72 Å². The molecule has 96 valence electrons. The molecule has 0 aliphatic carbocycles. The fourth-order valence-electron chi connectivity index (χ4n) is 1.17. The summed E-state index contributed by atoms with van der Waals surface area (Å²) < 4.78 is 30.4. The van der Waals surface area contributed by atoms with Gasteiger partial charge in [0.15, 0.2) is 0 Å². The summed E-state index contributed by atoms with van der Waals surface area (Å²) >= 11 is 5.70. The van der Waals surface area contributed by atoms with Crippen molar-refractivity contribution in [2.75, 3.05) is 17.6 Å². The standard InChI is InChI=1S/C9H14ClN3O3S/c1-6(2)5-17(14,15)13-9-11-7(10)4-8(12-9)16-3/h4,6H,5H2,1-3H3,(H,11,12,13). The van der Waals surface area contributed by atoms with Gasteiger partial charge in [0.1, 0.15) is 5.15 Å². The van der Waals surface area contributed by atoms with Gasteiger partial charge < -0.3 is 4.74 Å². The number of methoxy groups -OCH3 is 1. The maximum Gasteiger partial charge on any atom is 0.241 e. The Labute approximate surface area is 105 Å². The lowest BCUT2D eigenvalue weighted by atomic mass is 10.3. The van der Waals surface area contributed by atoms with Crippen molar-refractivity contribution < 1.29 is 13.2 Å². The molecule has 0 aromatic carbocycles. The Morgan fingerprint density at radius 3 is 2.65 bits per heavy atom. The van der Waals surface area contributed by atoms with Crippen LogP contribution in [0.3, 0.4) is 0 Å². The molecular formula is C9H14ClN3O3S. The minimum Gasteiger partial charge on any atom is -0.481 e. The molecule has 1 rings (SSSR count). The highest BCUT2D eigenvalue weighted by molar-refractivity contribution is 7.92. The SMILES string of the molecule is COc1cc(Cl)nc(NS(=O)(=O)CC(C)C)n1. The normalized spacial score (nSPS) is 11.6. The lowest BCUT2D eigenvalue weighted by Crippen LogP contribution is -2.21. The number of hydrogen-bond donors (Lipinski definition) is 1. The molecule has 0 bridgehead atoms. The van der Waals surface area contributed by atoms with Gasteiger partial charge in [-0.2, -0.15) is 4.98 Å². The number of halogens is 1. The van der Waals surface area contributed by atoms with Crippen molar-refractivity contribution in [1.29, 1.82) is 0 Å². The third kappa shape index (κ3) is 4.74. The molecule has 0 aliphatic heterocycles. The monoisotopic (exact) mass is 279 g/mol. The first-order valence-corrected chi connectivity index (χ1v) is 6.94. The van der Waals surface area contributed by atoms with Crippen molar-refractivity contribution in [2.45, 2.75) is 13.8 Å². The molecule has 0 spiro atoms. The van der Waals surface area contributed by atoms with Crippen LogP contribution in [0.15, 0.2) is 6.07 Å². The molecule has 1 aromatic heterocycles. The van der Waals surface area contributed by atoms with Crippen molar-refractivity contribution in [1.82, 2.24) is 9.97 Å². The Bertz CT molecular complexity index is 490. The number of anilines is 1. The number of nitrogens with zero attached hydrogens (tertiary/aromatic N) is 2. The van der Waals surface area contributed by atoms with Crippen LogP contribution >= 0.6 is 11.6 Å². The predicted molar refractivity (Wildman–Crippen MR) is 65.8 cm³/mol. The molecule has 8 heteroatoms. The highest BCUT2D eigenvalue weighted by Crippen LogP contribution is 2.16. The van der Waals surface area contributed by atoms with Crippen molar-refractivity contribution in [3.63, 3.8) is 0 Å². The number of sulfonamides is 1. The minimum atomic E-state index is -3.46. The maximum atomic E-state index is 11.6. The molecule has 1 N–H and O–H groups in total. The van der Waals surface area contributed by atoms with Gasteiger partial charge in [0, 0.05) is 6.07 Å². The predicted octanol–water partition coefficient (Wildman–Crippen LogP) is 1.54. The molecule has 0 radical (unpaired) electrons. The zero-order valence-electron chi connectivity index (χ0n) is 9.77. The average molecular weight is 280 g/mol. The van der Waals surface area contributed by atoms with E-state index in [1.165, 1.54) is 13.2 Å². The molecule has 17 heavy (non-hydrogen) atoms. The summed E-state index contributed by atoms with van der Waals surface area (Å²) in [5, 5.41) is 0.110. The van der Waals surface area contributed by atoms with Gasteiger partial charge in [-0.25, -0.2) is 13.4 Å². The molecule has 0 fully saturated rings. The summed E-state index contributed by atoms with van der Waals surface area (Å²) in [6, 6.07) is 1.39. The summed E-state index contributed by atoms with van der Waals surface area (Å²) in [6.07, 6.45) is 0. The average Bonchev–Trinajstić information content (AvgIpc) is 2.13. The van der Waals surface area contributed by atoms with Crippen molar-refractivity contribution >= 4 is 27.6 Å². The fraction of sp³-hybridized carbons (Fsp3) is 0.556. The molecule has 0 amide bonds. The van der Waals surface area contributed by atoms with Crippen LogP contribution in [0.4, 0.5) is 5.95 Å². The molecular weight excluding hydrogens is 266 g/mol. The van der Waals surface area contributed by atoms with E-state index in [1.807, 2.05) is 0 Å². The quantitative estimate of drug-likeness (QED) is 0.827. The number of nitrogens with one attached hydrogen (secondary N) is 1. The van der Waals surface area contributed by atoms with E-state index in [4.69, 9.17) is 16.3 Å². The Kier molecular flexibility index (Phi) is 4.53. The zero-order chi connectivity index (χ0) is 13.1. The van der Waals surface area contributed by atoms with Crippen LogP contribution in [0.25, 0.3) is 0 Å². The van der Waals surface area contributed by atoms with Crippen LogP contribution in [0.2, 0.25) is 5.15 Å². The molecule has 0 unspecified atom stereocenters. The smallest absolute Gasteiger partial charge is 0.241 e. The Hall–Kier alpha value is -1.08. The Balaban J connectivity index is 2.91. The van der Waals surface area contributed by atoms with Crippen LogP contribution in [-0.2, 0) is 10.0 Å². The van der Waals surface area contributed by atoms with Gasteiger partial charge in [-0.1, -0.05) is 25.4 Å². The second-order valence-electron chi connectivity index (χ2n) is 3.83. The van der Waals surface area contributed by atoms with Crippen molar-refractivity contribution in [3.8, 4) is 5.88 Å². The zero-order valence-corrected chi connectivity index (χ0v) is 11.3. The lowest BCUT2D eigenvalue weighted by molar-refractivity contribution is 0.397. The van der Waals surface area contributed by atoms with E-state index in [2.05, 4.69) is 14.7 Å². The second kappa shape index (κ2) is 5.50. The van der Waals surface area contributed by atoms with E-state index in [0.717, 1.165) is 0 Å². The van der Waals surface area contributed by atoms with Gasteiger partial charge in [0.2, 0.25) is 21.9 Å². The molecule has 0 atom stereocenters. The fourth-order valence-corrected chi connectivity index (χ4v) is 2.67. The van der Waals surface area contributed by atoms with Gasteiger partial charge >= 0.3 is 0 Å². The minimum absolute atomic E-state index is 0.00794. The van der Waals surface area contributed by atoms with Crippen LogP contribution in [0.1, 0.15) is 13.8 Å². The van der Waals surface area contributed by atoms with Crippen molar-refractivity contribution in [3.05, 3.63) is 11.2 Å². The van der Waals surface area contributed by atoms with Crippen LogP contribution in [0, 0.1) is 5.92 Å². The molecule has 0 saturated carbocycles. The summed E-state index contributed by atoms with van der Waals surface area (Å²) in [5.74, 6) is 0.112. The number of rotatable bonds is 5. The first kappa shape index (κ1) is 14.0. The highest BCUT2D eigenvalue weighted by Gasteiger charge is 2.15. The highest BCUT2D eigenvalue weighted by atomic mass is 35.5. The third-order valence-electron chi connectivity index (χ3n) is 1.68. The van der Waals surface area contributed by atoms with E-state index >= 15 is 0 Å². The first-order chi connectivity index (χ1) is 7.82. The lowest BCUT2D eigenvalue weighted by Gasteiger charge is -2.09. The Morgan fingerprint density at radius 2 is 2.12 bits per heavy atom. The summed E-state index contributed by atoms with van der Waals surface area (Å²) in [5.41, 5.74) is 0. The van der Waals surface area contributed by atoms with E-state index in [-0.39, 0.29) is 28.7 Å². The number of aromatic nitrogens is 2. The molecule has 1 aromatic rings. The largest absolute Gasteiger partial charge is 0.481 e. The van der Waals surface area contributed by atoms with E-state index in [0.29, 0.717) is 0 Å². The van der Waals surface area contributed by atoms with Crippen LogP contribution in [0.5, 0.6) is 5.88 Å². The third-order valence-corrected chi connectivity index (χ3v) is 3.47. The van der Waals surface area contributed by atoms with E-state index < -0.39 is 10.0 Å². The summed E-state index contributed by atoms with van der Waals surface area (Å²) in [4.78, 5) is 7.59. The molecule has 1 heterocycles. The number of hydrogen-bond acceptors (Lipinski definition) is 5. The Morgan fingerprint density at radius 1 is 1.47 bits per heavy atom.